The molecule has 0 spiro atoms. The molecule has 0 atom stereocenters. The van der Waals surface area contributed by atoms with Crippen molar-refractivity contribution in [1.29, 1.82) is 0 Å². The maximum Gasteiger partial charge on any atom is 0.316 e. The lowest BCUT2D eigenvalue weighted by molar-refractivity contribution is 0.0954. The van der Waals surface area contributed by atoms with Gasteiger partial charge >= 0.3 is 6.03 Å². The minimum absolute atomic E-state index is 0.209. The van der Waals surface area contributed by atoms with Gasteiger partial charge in [-0.05, 0) is 18.2 Å². The summed E-state index contributed by atoms with van der Waals surface area (Å²) in [6, 6.07) is 4.48. The molecule has 0 saturated heterocycles. The summed E-state index contributed by atoms with van der Waals surface area (Å²) in [5.41, 5.74) is 6.40. The third-order valence-electron chi connectivity index (χ3n) is 2.33. The number of hydrogen-bond donors (Lipinski definition) is 3. The van der Waals surface area contributed by atoms with Crippen LogP contribution in [0.25, 0.3) is 0 Å². The fraction of sp³-hybridized carbons (Fsp3) is 0.333. The van der Waals surface area contributed by atoms with Gasteiger partial charge in [-0.3, -0.25) is 4.79 Å². The van der Waals surface area contributed by atoms with Gasteiger partial charge in [-0.1, -0.05) is 11.6 Å². The summed E-state index contributed by atoms with van der Waals surface area (Å²) < 4.78 is 0. The molecular formula is C12H17ClN4O2. The first-order chi connectivity index (χ1) is 8.91. The number of halogens is 1. The van der Waals surface area contributed by atoms with Crippen LogP contribution >= 0.6 is 11.6 Å². The van der Waals surface area contributed by atoms with Crippen molar-refractivity contribution in [2.75, 3.05) is 32.9 Å². The number of benzene rings is 1. The molecule has 4 N–H and O–H groups in total. The number of carbonyl (C=O) groups excluding carboxylic acids is 2. The fourth-order valence-corrected chi connectivity index (χ4v) is 1.59. The van der Waals surface area contributed by atoms with Gasteiger partial charge in [-0.25, -0.2) is 4.79 Å². The maximum atomic E-state index is 11.8. The largest absolute Gasteiger partial charge is 0.399 e. The van der Waals surface area contributed by atoms with E-state index < -0.39 is 0 Å². The van der Waals surface area contributed by atoms with Gasteiger partial charge in [0, 0.05) is 32.9 Å². The van der Waals surface area contributed by atoms with Crippen molar-refractivity contribution in [3.05, 3.63) is 28.8 Å². The number of anilines is 1. The fourth-order valence-electron chi connectivity index (χ4n) is 1.31. The van der Waals surface area contributed by atoms with Gasteiger partial charge in [0.2, 0.25) is 0 Å². The first-order valence-corrected chi connectivity index (χ1v) is 6.08. The Labute approximate surface area is 116 Å². The second-order valence-corrected chi connectivity index (χ2v) is 4.53. The predicted molar refractivity (Wildman–Crippen MR) is 75.3 cm³/mol. The second-order valence-electron chi connectivity index (χ2n) is 4.12. The van der Waals surface area contributed by atoms with Crippen LogP contribution in [0.5, 0.6) is 0 Å². The zero-order valence-electron chi connectivity index (χ0n) is 10.9. The Morgan fingerprint density at radius 1 is 1.26 bits per heavy atom. The van der Waals surface area contributed by atoms with E-state index in [1.807, 2.05) is 0 Å². The van der Waals surface area contributed by atoms with Crippen LogP contribution in [0.15, 0.2) is 18.2 Å². The predicted octanol–water partition coefficient (Wildman–Crippen LogP) is 0.923. The van der Waals surface area contributed by atoms with Crippen molar-refractivity contribution in [2.45, 2.75) is 0 Å². The quantitative estimate of drug-likeness (QED) is 0.568. The first kappa shape index (κ1) is 15.1. The van der Waals surface area contributed by atoms with Crippen LogP contribution in [-0.4, -0.2) is 44.0 Å². The number of urea groups is 1. The molecule has 0 radical (unpaired) electrons. The van der Waals surface area contributed by atoms with Crippen molar-refractivity contribution < 1.29 is 9.59 Å². The van der Waals surface area contributed by atoms with Crippen LogP contribution in [0.2, 0.25) is 5.02 Å². The van der Waals surface area contributed by atoms with Gasteiger partial charge in [0.1, 0.15) is 0 Å². The first-order valence-electron chi connectivity index (χ1n) is 5.70. The summed E-state index contributed by atoms with van der Waals surface area (Å²) in [5, 5.41) is 5.59. The molecule has 0 heterocycles. The van der Waals surface area contributed by atoms with E-state index in [0.717, 1.165) is 0 Å². The summed E-state index contributed by atoms with van der Waals surface area (Å²) in [7, 11) is 3.28. The number of rotatable bonds is 4. The zero-order valence-corrected chi connectivity index (χ0v) is 11.6. The van der Waals surface area contributed by atoms with E-state index in [0.29, 0.717) is 29.4 Å². The molecule has 3 amide bonds. The topological polar surface area (TPSA) is 87.5 Å². The number of nitrogens with zero attached hydrogens (tertiary/aromatic N) is 1. The second kappa shape index (κ2) is 6.84. The Hall–Kier alpha value is -1.95. The van der Waals surface area contributed by atoms with E-state index in [1.54, 1.807) is 26.2 Å². The van der Waals surface area contributed by atoms with Crippen LogP contribution in [0.3, 0.4) is 0 Å². The standard InChI is InChI=1S/C12H17ClN4O2/c1-17(2)12(19)16-6-5-15-11(18)9-4-3-8(14)7-10(9)13/h3-4,7H,5-6,14H2,1-2H3,(H,15,18)(H,16,19). The summed E-state index contributed by atoms with van der Waals surface area (Å²) >= 11 is 5.91. The van der Waals surface area contributed by atoms with Crippen LogP contribution in [0.1, 0.15) is 10.4 Å². The number of amides is 3. The molecule has 0 aliphatic carbocycles. The Kier molecular flexibility index (Phi) is 5.44. The highest BCUT2D eigenvalue weighted by Crippen LogP contribution is 2.18. The van der Waals surface area contributed by atoms with Crippen LogP contribution in [-0.2, 0) is 0 Å². The molecule has 1 aromatic carbocycles. The number of nitrogens with one attached hydrogen (secondary N) is 2. The Morgan fingerprint density at radius 3 is 2.47 bits per heavy atom. The van der Waals surface area contributed by atoms with Crippen molar-refractivity contribution in [3.8, 4) is 0 Å². The van der Waals surface area contributed by atoms with Crippen LogP contribution in [0.4, 0.5) is 10.5 Å². The Morgan fingerprint density at radius 2 is 1.89 bits per heavy atom. The zero-order chi connectivity index (χ0) is 14.4. The monoisotopic (exact) mass is 284 g/mol. The van der Waals surface area contributed by atoms with Gasteiger partial charge in [-0.2, -0.15) is 0 Å². The number of nitrogens with two attached hydrogens (primary N) is 1. The number of hydrogen-bond acceptors (Lipinski definition) is 3. The lowest BCUT2D eigenvalue weighted by atomic mass is 10.2. The van der Waals surface area contributed by atoms with Gasteiger partial charge in [0.05, 0.1) is 10.6 Å². The van der Waals surface area contributed by atoms with E-state index >= 15 is 0 Å². The molecule has 7 heteroatoms. The smallest absolute Gasteiger partial charge is 0.316 e. The van der Waals surface area contributed by atoms with E-state index in [2.05, 4.69) is 10.6 Å². The number of carbonyl (C=O) groups is 2. The molecule has 0 aromatic heterocycles. The minimum Gasteiger partial charge on any atom is -0.399 e. The van der Waals surface area contributed by atoms with E-state index in [9.17, 15) is 9.59 Å². The molecule has 6 nitrogen and oxygen atoms in total. The van der Waals surface area contributed by atoms with Crippen molar-refractivity contribution in [2.24, 2.45) is 0 Å². The third kappa shape index (κ3) is 4.67. The molecule has 0 aliphatic heterocycles. The molecule has 0 unspecified atom stereocenters. The minimum atomic E-state index is -0.302. The van der Waals surface area contributed by atoms with E-state index in [1.165, 1.54) is 11.0 Å². The summed E-state index contributed by atoms with van der Waals surface area (Å²) in [6.45, 7) is 0.661. The average molecular weight is 285 g/mol. The third-order valence-corrected chi connectivity index (χ3v) is 2.64. The molecule has 1 rings (SSSR count). The molecule has 0 saturated carbocycles. The van der Waals surface area contributed by atoms with E-state index in [-0.39, 0.29) is 11.9 Å². The van der Waals surface area contributed by atoms with E-state index in [4.69, 9.17) is 17.3 Å². The lowest BCUT2D eigenvalue weighted by Crippen LogP contribution is -2.39. The van der Waals surface area contributed by atoms with Crippen LogP contribution < -0.4 is 16.4 Å². The van der Waals surface area contributed by atoms with Crippen molar-refractivity contribution in [3.63, 3.8) is 0 Å². The normalized spacial score (nSPS) is 9.84. The SMILES string of the molecule is CN(C)C(=O)NCCNC(=O)c1ccc(N)cc1Cl. The lowest BCUT2D eigenvalue weighted by Gasteiger charge is -2.12. The van der Waals surface area contributed by atoms with Crippen molar-refractivity contribution >= 4 is 29.2 Å². The molecule has 19 heavy (non-hydrogen) atoms. The molecular weight excluding hydrogens is 268 g/mol. The van der Waals surface area contributed by atoms with Crippen LogP contribution in [0, 0.1) is 0 Å². The molecule has 0 bridgehead atoms. The number of nitrogen functional groups attached to an aromatic ring is 1. The van der Waals surface area contributed by atoms with Crippen molar-refractivity contribution in [1.82, 2.24) is 15.5 Å². The summed E-state index contributed by atoms with van der Waals surface area (Å²) in [4.78, 5) is 24.4. The van der Waals surface area contributed by atoms with Gasteiger partial charge in [0.15, 0.2) is 0 Å². The average Bonchev–Trinajstić information content (AvgIpc) is 2.33. The highest BCUT2D eigenvalue weighted by atomic mass is 35.5. The molecule has 0 fully saturated rings. The Balaban J connectivity index is 2.41. The summed E-state index contributed by atoms with van der Waals surface area (Å²) in [6.07, 6.45) is 0. The Bertz CT molecular complexity index is 477. The molecule has 0 aliphatic rings. The van der Waals surface area contributed by atoms with Gasteiger partial charge in [0.25, 0.3) is 5.91 Å². The highest BCUT2D eigenvalue weighted by Gasteiger charge is 2.10. The highest BCUT2D eigenvalue weighted by molar-refractivity contribution is 6.34. The summed E-state index contributed by atoms with van der Waals surface area (Å²) in [5.74, 6) is -0.302. The molecule has 1 aromatic rings. The maximum absolute atomic E-state index is 11.8. The molecule has 104 valence electrons. The van der Waals surface area contributed by atoms with Gasteiger partial charge in [-0.15, -0.1) is 0 Å². The van der Waals surface area contributed by atoms with Gasteiger partial charge < -0.3 is 21.3 Å².